The third-order valence-corrected chi connectivity index (χ3v) is 6.03. The van der Waals surface area contributed by atoms with Crippen molar-refractivity contribution in [3.63, 3.8) is 0 Å². The van der Waals surface area contributed by atoms with E-state index in [0.717, 1.165) is 16.5 Å². The van der Waals surface area contributed by atoms with Crippen molar-refractivity contribution in [2.24, 2.45) is 0 Å². The first kappa shape index (κ1) is 25.3. The molecule has 3 heterocycles. The average molecular weight is 494 g/mol. The molecule has 1 aliphatic carbocycles. The molecule has 1 unspecified atom stereocenters. The standard InChI is InChI=1S/C26H31N5O5/c1-16-14-20(30-31(16)24(33)36-25(2,3)4)28-19-15-18-8-7-13-27-21(18)22(29-19)17-9-11-26(35-6,12-10-17)23(32)34-5/h7-9,13-15H,10-12H2,1-6H3,(H,28,29,30). The molecular formula is C26H31N5O5. The Balaban J connectivity index is 1.67. The Labute approximate surface area is 209 Å². The molecule has 3 aromatic heterocycles. The van der Waals surface area contributed by atoms with Crippen LogP contribution in [0.2, 0.25) is 0 Å². The maximum atomic E-state index is 12.5. The van der Waals surface area contributed by atoms with Gasteiger partial charge < -0.3 is 19.5 Å². The van der Waals surface area contributed by atoms with E-state index in [1.54, 1.807) is 40.0 Å². The van der Waals surface area contributed by atoms with Crippen molar-refractivity contribution in [3.8, 4) is 0 Å². The Morgan fingerprint density at radius 2 is 1.94 bits per heavy atom. The van der Waals surface area contributed by atoms with E-state index in [-0.39, 0.29) is 5.97 Å². The Hall–Kier alpha value is -3.79. The minimum absolute atomic E-state index is 0.374. The first-order valence-electron chi connectivity index (χ1n) is 11.7. The molecule has 0 spiro atoms. The van der Waals surface area contributed by atoms with Crippen molar-refractivity contribution in [3.05, 3.63) is 47.9 Å². The highest BCUT2D eigenvalue weighted by Crippen LogP contribution is 2.37. The fourth-order valence-corrected chi connectivity index (χ4v) is 4.21. The van der Waals surface area contributed by atoms with Gasteiger partial charge in [-0.1, -0.05) is 12.1 Å². The minimum Gasteiger partial charge on any atom is -0.467 e. The minimum atomic E-state index is -0.997. The molecule has 10 heteroatoms. The third-order valence-electron chi connectivity index (χ3n) is 6.03. The molecule has 1 aliphatic rings. The SMILES string of the molecule is COC(=O)C1(OC)CC=C(c2nc(Nc3cc(C)n(C(=O)OC(C)(C)C)n3)cc3cccnc23)CC1. The van der Waals surface area contributed by atoms with Gasteiger partial charge in [0.1, 0.15) is 11.4 Å². The maximum absolute atomic E-state index is 12.5. The van der Waals surface area contributed by atoms with Crippen LogP contribution in [-0.4, -0.2) is 57.2 Å². The second-order valence-corrected chi connectivity index (χ2v) is 9.74. The van der Waals surface area contributed by atoms with Crippen molar-refractivity contribution in [1.29, 1.82) is 0 Å². The summed E-state index contributed by atoms with van der Waals surface area (Å²) in [5.74, 6) is 0.626. The molecule has 0 bridgehead atoms. The number of aromatic nitrogens is 4. The van der Waals surface area contributed by atoms with Crippen LogP contribution in [0.3, 0.4) is 0 Å². The van der Waals surface area contributed by atoms with Crippen LogP contribution in [0.25, 0.3) is 16.5 Å². The maximum Gasteiger partial charge on any atom is 0.435 e. The number of aryl methyl sites for hydroxylation is 1. The Morgan fingerprint density at radius 3 is 2.58 bits per heavy atom. The number of carbonyl (C=O) groups excluding carboxylic acids is 2. The molecule has 1 atom stereocenters. The van der Waals surface area contributed by atoms with Gasteiger partial charge in [-0.05, 0) is 58.2 Å². The van der Waals surface area contributed by atoms with E-state index in [1.807, 2.05) is 24.3 Å². The zero-order valence-corrected chi connectivity index (χ0v) is 21.4. The molecule has 190 valence electrons. The van der Waals surface area contributed by atoms with Crippen LogP contribution in [0.5, 0.6) is 0 Å². The van der Waals surface area contributed by atoms with Gasteiger partial charge >= 0.3 is 12.1 Å². The topological polar surface area (TPSA) is 117 Å². The van der Waals surface area contributed by atoms with Gasteiger partial charge in [-0.15, -0.1) is 5.10 Å². The highest BCUT2D eigenvalue weighted by atomic mass is 16.6. The van der Waals surface area contributed by atoms with Gasteiger partial charge in [0, 0.05) is 36.9 Å². The van der Waals surface area contributed by atoms with Crippen LogP contribution in [0.4, 0.5) is 16.4 Å². The zero-order chi connectivity index (χ0) is 26.1. The molecular weight excluding hydrogens is 462 g/mol. The number of fused-ring (bicyclic) bond motifs is 1. The molecule has 1 N–H and O–H groups in total. The Kier molecular flexibility index (Phi) is 6.81. The van der Waals surface area contributed by atoms with Gasteiger partial charge in [0.15, 0.2) is 11.4 Å². The number of nitrogens with zero attached hydrogens (tertiary/aromatic N) is 4. The van der Waals surface area contributed by atoms with Gasteiger partial charge in [0.2, 0.25) is 0 Å². The highest BCUT2D eigenvalue weighted by molar-refractivity contribution is 5.92. The molecule has 0 saturated carbocycles. The number of pyridine rings is 2. The van der Waals surface area contributed by atoms with E-state index in [1.165, 1.54) is 18.9 Å². The number of nitrogens with one attached hydrogen (secondary N) is 1. The third kappa shape index (κ3) is 5.08. The molecule has 0 aliphatic heterocycles. The van der Waals surface area contributed by atoms with Crippen molar-refractivity contribution in [2.75, 3.05) is 19.5 Å². The summed E-state index contributed by atoms with van der Waals surface area (Å²) < 4.78 is 17.2. The lowest BCUT2D eigenvalue weighted by Crippen LogP contribution is -2.42. The second-order valence-electron chi connectivity index (χ2n) is 9.74. The first-order valence-corrected chi connectivity index (χ1v) is 11.7. The quantitative estimate of drug-likeness (QED) is 0.501. The number of methoxy groups -OCH3 is 2. The van der Waals surface area contributed by atoms with Crippen LogP contribution in [0.1, 0.15) is 51.4 Å². The lowest BCUT2D eigenvalue weighted by atomic mass is 9.83. The molecule has 0 fully saturated rings. The highest BCUT2D eigenvalue weighted by Gasteiger charge is 2.41. The lowest BCUT2D eigenvalue weighted by molar-refractivity contribution is -0.166. The fourth-order valence-electron chi connectivity index (χ4n) is 4.21. The smallest absolute Gasteiger partial charge is 0.435 e. The van der Waals surface area contributed by atoms with Gasteiger partial charge in [-0.3, -0.25) is 4.98 Å². The van der Waals surface area contributed by atoms with Gasteiger partial charge in [0.05, 0.1) is 18.3 Å². The predicted molar refractivity (Wildman–Crippen MR) is 135 cm³/mol. The van der Waals surface area contributed by atoms with Crippen LogP contribution >= 0.6 is 0 Å². The molecule has 3 aromatic rings. The fraction of sp³-hybridized carbons (Fsp3) is 0.423. The molecule has 10 nitrogen and oxygen atoms in total. The number of anilines is 2. The van der Waals surface area contributed by atoms with E-state index in [9.17, 15) is 9.59 Å². The summed E-state index contributed by atoms with van der Waals surface area (Å²) in [6.07, 6.45) is 4.55. The first-order chi connectivity index (χ1) is 17.0. The van der Waals surface area contributed by atoms with Gasteiger partial charge in [0.25, 0.3) is 0 Å². The lowest BCUT2D eigenvalue weighted by Gasteiger charge is -2.32. The van der Waals surface area contributed by atoms with Crippen molar-refractivity contribution in [1.82, 2.24) is 19.7 Å². The number of hydrogen-bond acceptors (Lipinski definition) is 9. The molecule has 4 rings (SSSR count). The van der Waals surface area contributed by atoms with Crippen LogP contribution in [0, 0.1) is 6.92 Å². The zero-order valence-electron chi connectivity index (χ0n) is 21.4. The summed E-state index contributed by atoms with van der Waals surface area (Å²) in [5.41, 5.74) is 1.44. The Morgan fingerprint density at radius 1 is 1.17 bits per heavy atom. The number of esters is 1. The van der Waals surface area contributed by atoms with Gasteiger partial charge in [-0.2, -0.15) is 4.68 Å². The van der Waals surface area contributed by atoms with E-state index in [4.69, 9.17) is 19.2 Å². The Bertz CT molecular complexity index is 1340. The number of hydrogen-bond donors (Lipinski definition) is 1. The summed E-state index contributed by atoms with van der Waals surface area (Å²) in [7, 11) is 2.89. The molecule has 0 saturated heterocycles. The summed E-state index contributed by atoms with van der Waals surface area (Å²) in [6, 6.07) is 7.45. The molecule has 36 heavy (non-hydrogen) atoms. The predicted octanol–water partition coefficient (Wildman–Crippen LogP) is 4.79. The van der Waals surface area contributed by atoms with Crippen LogP contribution < -0.4 is 5.32 Å². The van der Waals surface area contributed by atoms with Crippen molar-refractivity contribution < 1.29 is 23.8 Å². The molecule has 0 amide bonds. The monoisotopic (exact) mass is 493 g/mol. The summed E-state index contributed by atoms with van der Waals surface area (Å²) >= 11 is 0. The number of rotatable bonds is 5. The number of allylic oxidation sites excluding steroid dienone is 1. The molecule has 0 radical (unpaired) electrons. The average Bonchev–Trinajstić information content (AvgIpc) is 3.22. The van der Waals surface area contributed by atoms with Crippen LogP contribution in [0.15, 0.2) is 36.5 Å². The molecule has 0 aromatic carbocycles. The normalized spacial score (nSPS) is 18.0. The van der Waals surface area contributed by atoms with E-state index < -0.39 is 17.3 Å². The van der Waals surface area contributed by atoms with E-state index in [2.05, 4.69) is 15.4 Å². The van der Waals surface area contributed by atoms with Crippen molar-refractivity contribution in [2.45, 2.75) is 58.2 Å². The van der Waals surface area contributed by atoms with Crippen molar-refractivity contribution >= 4 is 40.2 Å². The van der Waals surface area contributed by atoms with Gasteiger partial charge in [-0.25, -0.2) is 14.6 Å². The summed E-state index contributed by atoms with van der Waals surface area (Å²) in [6.45, 7) is 7.19. The van der Waals surface area contributed by atoms with E-state index in [0.29, 0.717) is 42.3 Å². The summed E-state index contributed by atoms with van der Waals surface area (Å²) in [4.78, 5) is 34.2. The summed E-state index contributed by atoms with van der Waals surface area (Å²) in [5, 5.41) is 8.46. The number of carbonyl (C=O) groups is 2. The van der Waals surface area contributed by atoms with Crippen LogP contribution in [-0.2, 0) is 19.0 Å². The largest absolute Gasteiger partial charge is 0.467 e. The second kappa shape index (κ2) is 9.69. The van der Waals surface area contributed by atoms with E-state index >= 15 is 0 Å². The number of ether oxygens (including phenoxy) is 3.